The van der Waals surface area contributed by atoms with Crippen LogP contribution in [0.3, 0.4) is 0 Å². The molecule has 0 aliphatic carbocycles. The number of aromatic amines is 1. The van der Waals surface area contributed by atoms with Crippen molar-refractivity contribution in [2.75, 3.05) is 9.80 Å². The lowest BCUT2D eigenvalue weighted by Gasteiger charge is -2.29. The number of nitrogens with one attached hydrogen (secondary N) is 2. The summed E-state index contributed by atoms with van der Waals surface area (Å²) in [6.07, 6.45) is -2.00. The number of pyridine rings is 1. The van der Waals surface area contributed by atoms with E-state index in [4.69, 9.17) is 18.8 Å². The van der Waals surface area contributed by atoms with E-state index in [1.807, 2.05) is 0 Å². The molecular formula is C27H19F4N7O2S. The largest absolute Gasteiger partial charge is 0.407 e. The molecule has 2 aromatic carbocycles. The second-order valence-corrected chi connectivity index (χ2v) is 9.97. The van der Waals surface area contributed by atoms with Gasteiger partial charge in [0.15, 0.2) is 10.8 Å². The van der Waals surface area contributed by atoms with Crippen LogP contribution in [0.4, 0.5) is 34.6 Å². The van der Waals surface area contributed by atoms with E-state index in [-0.39, 0.29) is 28.7 Å². The molecule has 2 aromatic heterocycles. The fraction of sp³-hybridized carbons (Fsp3) is 0.185. The van der Waals surface area contributed by atoms with E-state index in [0.717, 1.165) is 27.9 Å². The number of amides is 2. The van der Waals surface area contributed by atoms with Gasteiger partial charge < -0.3 is 10.2 Å². The number of thiocarbonyl (C=S) groups is 1. The Morgan fingerprint density at radius 2 is 1.90 bits per heavy atom. The third kappa shape index (κ3) is 4.84. The maximum atomic E-state index is 15.1. The first-order valence-electron chi connectivity index (χ1n) is 12.0. The van der Waals surface area contributed by atoms with Gasteiger partial charge in [-0.15, -0.1) is 0 Å². The molecule has 41 heavy (non-hydrogen) atoms. The smallest absolute Gasteiger partial charge is 0.346 e. The van der Waals surface area contributed by atoms with Crippen molar-refractivity contribution in [3.63, 3.8) is 0 Å². The number of carbonyl (C=O) groups is 2. The molecule has 208 valence electrons. The van der Waals surface area contributed by atoms with Crippen molar-refractivity contribution in [3.05, 3.63) is 88.9 Å². The highest BCUT2D eigenvalue weighted by Crippen LogP contribution is 2.42. The fourth-order valence-electron chi connectivity index (χ4n) is 4.50. The standard InChI is InChI=1S/C27H19F4N7O2S/c1-26(2)24(40)37(16-5-7-21(32-3)18(9-16)27(29,30)31)25(41)38(26)17-10-19(28)22(33-12-17)13-34-23(39)14-4-6-20-15(8-14)11-35-36-20/h4-12H,13H2,1-2H3,(H,34,39)(H,35,36). The molecule has 1 aliphatic heterocycles. The van der Waals surface area contributed by atoms with Crippen molar-refractivity contribution in [1.29, 1.82) is 0 Å². The van der Waals surface area contributed by atoms with Crippen LogP contribution in [0.1, 0.15) is 35.5 Å². The molecule has 1 fully saturated rings. The van der Waals surface area contributed by atoms with E-state index < -0.39 is 40.6 Å². The maximum Gasteiger partial charge on any atom is 0.407 e. The molecule has 9 nitrogen and oxygen atoms in total. The van der Waals surface area contributed by atoms with E-state index in [9.17, 15) is 22.8 Å². The predicted octanol–water partition coefficient (Wildman–Crippen LogP) is 5.51. The summed E-state index contributed by atoms with van der Waals surface area (Å²) in [5, 5.41) is 9.82. The number of H-pyrrole nitrogens is 1. The first kappa shape index (κ1) is 27.7. The molecule has 14 heteroatoms. The molecule has 2 N–H and O–H groups in total. The maximum absolute atomic E-state index is 15.1. The van der Waals surface area contributed by atoms with E-state index in [0.29, 0.717) is 11.6 Å². The minimum absolute atomic E-state index is 0.0813. The Kier molecular flexibility index (Phi) is 6.70. The summed E-state index contributed by atoms with van der Waals surface area (Å²) in [5.74, 6) is -1.90. The lowest BCUT2D eigenvalue weighted by atomic mass is 10.0. The van der Waals surface area contributed by atoms with Crippen LogP contribution in [0.25, 0.3) is 15.7 Å². The Labute approximate surface area is 235 Å². The SMILES string of the molecule is [C-]#[N+]c1ccc(N2C(=O)C(C)(C)N(c3cnc(CNC(=O)c4ccc5[nH]ncc5c4)c(F)c3)C2=S)cc1C(F)(F)F. The molecule has 2 amide bonds. The number of nitrogens with zero attached hydrogens (tertiary/aromatic N) is 5. The number of hydrogen-bond acceptors (Lipinski definition) is 5. The molecule has 5 rings (SSSR count). The van der Waals surface area contributed by atoms with Crippen LogP contribution in [-0.4, -0.2) is 37.6 Å². The van der Waals surface area contributed by atoms with Crippen molar-refractivity contribution in [2.24, 2.45) is 0 Å². The Morgan fingerprint density at radius 1 is 1.15 bits per heavy atom. The zero-order valence-electron chi connectivity index (χ0n) is 21.4. The Morgan fingerprint density at radius 3 is 2.59 bits per heavy atom. The van der Waals surface area contributed by atoms with E-state index >= 15 is 4.39 Å². The second kappa shape index (κ2) is 9.93. The van der Waals surface area contributed by atoms with E-state index in [1.165, 1.54) is 31.0 Å². The average Bonchev–Trinajstić information content (AvgIpc) is 3.46. The number of rotatable bonds is 5. The third-order valence-electron chi connectivity index (χ3n) is 6.61. The van der Waals surface area contributed by atoms with Crippen molar-refractivity contribution in [2.45, 2.75) is 32.1 Å². The Balaban J connectivity index is 1.38. The monoisotopic (exact) mass is 581 g/mol. The third-order valence-corrected chi connectivity index (χ3v) is 6.98. The van der Waals surface area contributed by atoms with Crippen molar-refractivity contribution >= 4 is 57.1 Å². The number of halogens is 4. The lowest BCUT2D eigenvalue weighted by Crippen LogP contribution is -2.44. The van der Waals surface area contributed by atoms with Crippen LogP contribution in [0.2, 0.25) is 0 Å². The topological polar surface area (TPSA) is 98.6 Å². The van der Waals surface area contributed by atoms with Crippen LogP contribution >= 0.6 is 12.2 Å². The van der Waals surface area contributed by atoms with Crippen molar-refractivity contribution in [3.8, 4) is 0 Å². The molecular weight excluding hydrogens is 562 g/mol. The summed E-state index contributed by atoms with van der Waals surface area (Å²) in [5.41, 5.74) is -2.32. The van der Waals surface area contributed by atoms with Gasteiger partial charge in [0.1, 0.15) is 11.4 Å². The summed E-state index contributed by atoms with van der Waals surface area (Å²) >= 11 is 5.47. The summed E-state index contributed by atoms with van der Waals surface area (Å²) in [6, 6.07) is 8.85. The van der Waals surface area contributed by atoms with Crippen LogP contribution < -0.4 is 15.1 Å². The molecule has 0 saturated carbocycles. The van der Waals surface area contributed by atoms with Gasteiger partial charge >= 0.3 is 6.18 Å². The van der Waals surface area contributed by atoms with Gasteiger partial charge in [-0.3, -0.25) is 24.6 Å². The van der Waals surface area contributed by atoms with Crippen molar-refractivity contribution in [1.82, 2.24) is 20.5 Å². The molecule has 1 saturated heterocycles. The first-order valence-corrected chi connectivity index (χ1v) is 12.4. The minimum atomic E-state index is -4.83. The van der Waals surface area contributed by atoms with Crippen LogP contribution in [0, 0.1) is 12.4 Å². The predicted molar refractivity (Wildman–Crippen MR) is 146 cm³/mol. The Hall–Kier alpha value is -4.90. The van der Waals surface area contributed by atoms with Crippen molar-refractivity contribution < 1.29 is 27.2 Å². The number of carbonyl (C=O) groups excluding carboxylic acids is 2. The zero-order chi connectivity index (χ0) is 29.7. The number of aromatic nitrogens is 3. The molecule has 0 atom stereocenters. The van der Waals surface area contributed by atoms with Crippen LogP contribution in [0.15, 0.2) is 54.9 Å². The highest BCUT2D eigenvalue weighted by atomic mass is 32.1. The molecule has 0 spiro atoms. The normalized spacial score (nSPS) is 15.0. The summed E-state index contributed by atoms with van der Waals surface area (Å²) < 4.78 is 55.8. The van der Waals surface area contributed by atoms with Crippen LogP contribution in [-0.2, 0) is 17.5 Å². The van der Waals surface area contributed by atoms with E-state index in [1.54, 1.807) is 24.4 Å². The second-order valence-electron chi connectivity index (χ2n) is 9.61. The van der Waals surface area contributed by atoms with Gasteiger partial charge in [0.25, 0.3) is 11.8 Å². The highest BCUT2D eigenvalue weighted by Gasteiger charge is 2.51. The van der Waals surface area contributed by atoms with Gasteiger partial charge in [0.05, 0.1) is 48.0 Å². The molecule has 0 bridgehead atoms. The number of alkyl halides is 3. The van der Waals surface area contributed by atoms with Crippen LogP contribution in [0.5, 0.6) is 0 Å². The molecule has 3 heterocycles. The van der Waals surface area contributed by atoms with Gasteiger partial charge in [0, 0.05) is 22.7 Å². The van der Waals surface area contributed by atoms with Gasteiger partial charge in [-0.2, -0.15) is 18.3 Å². The summed E-state index contributed by atoms with van der Waals surface area (Å²) in [4.78, 5) is 35.2. The summed E-state index contributed by atoms with van der Waals surface area (Å²) in [7, 11) is 0. The van der Waals surface area contributed by atoms with Gasteiger partial charge in [-0.1, -0.05) is 6.07 Å². The average molecular weight is 582 g/mol. The molecule has 0 radical (unpaired) electrons. The minimum Gasteiger partial charge on any atom is -0.346 e. The first-order chi connectivity index (χ1) is 19.3. The Bertz CT molecular complexity index is 1780. The van der Waals surface area contributed by atoms with Gasteiger partial charge in [0.2, 0.25) is 0 Å². The molecule has 0 unspecified atom stereocenters. The zero-order valence-corrected chi connectivity index (χ0v) is 22.2. The van der Waals surface area contributed by atoms with Gasteiger partial charge in [-0.25, -0.2) is 9.24 Å². The molecule has 4 aromatic rings. The molecule has 1 aliphatic rings. The van der Waals surface area contributed by atoms with E-state index in [2.05, 4.69) is 25.3 Å². The van der Waals surface area contributed by atoms with Gasteiger partial charge in [-0.05, 0) is 56.4 Å². The number of anilines is 2. The summed E-state index contributed by atoms with van der Waals surface area (Å²) in [6.45, 7) is 9.77. The lowest BCUT2D eigenvalue weighted by molar-refractivity contribution is -0.136. The highest BCUT2D eigenvalue weighted by molar-refractivity contribution is 7.81. The number of hydrogen-bond donors (Lipinski definition) is 2. The fourth-order valence-corrected chi connectivity index (χ4v) is 5.02. The number of benzene rings is 2. The quantitative estimate of drug-likeness (QED) is 0.183. The number of fused-ring (bicyclic) bond motifs is 1.